The first-order chi connectivity index (χ1) is 13.5. The van der Waals surface area contributed by atoms with Crippen molar-refractivity contribution in [3.8, 4) is 11.5 Å². The van der Waals surface area contributed by atoms with E-state index in [0.29, 0.717) is 30.3 Å². The molecule has 0 radical (unpaired) electrons. The van der Waals surface area contributed by atoms with Crippen LogP contribution in [0.15, 0.2) is 47.4 Å². The minimum Gasteiger partial charge on any atom is -0.454 e. The fraction of sp³-hybridized carbons (Fsp3) is 0.381. The van der Waals surface area contributed by atoms with Gasteiger partial charge in [-0.05, 0) is 43.2 Å². The number of unbranched alkanes of at least 4 members (excludes halogenated alkanes) is 2. The Morgan fingerprint density at radius 3 is 2.32 bits per heavy atom. The van der Waals surface area contributed by atoms with Crippen molar-refractivity contribution >= 4 is 21.6 Å². The van der Waals surface area contributed by atoms with Gasteiger partial charge >= 0.3 is 0 Å². The maximum atomic E-state index is 13.2. The number of rotatable bonds is 8. The van der Waals surface area contributed by atoms with E-state index in [1.165, 1.54) is 16.4 Å². The highest BCUT2D eigenvalue weighted by atomic mass is 32.2. The summed E-state index contributed by atoms with van der Waals surface area (Å²) in [6, 6.07) is 11.6. The highest BCUT2D eigenvalue weighted by Gasteiger charge is 2.27. The van der Waals surface area contributed by atoms with Gasteiger partial charge in [0.25, 0.3) is 5.91 Å². The van der Waals surface area contributed by atoms with Crippen LogP contribution in [0.25, 0.3) is 0 Å². The number of nitrogens with zero attached hydrogens (tertiary/aromatic N) is 1. The van der Waals surface area contributed by atoms with E-state index in [-0.39, 0.29) is 16.4 Å². The third kappa shape index (κ3) is 4.20. The third-order valence-corrected chi connectivity index (χ3v) is 6.61. The Kier molecular flexibility index (Phi) is 6.36. The molecule has 0 bridgehead atoms. The average Bonchev–Trinajstić information content (AvgIpc) is 2.83. The maximum Gasteiger partial charge on any atom is 0.259 e. The molecule has 2 aromatic carbocycles. The van der Waals surface area contributed by atoms with E-state index < -0.39 is 10.0 Å². The van der Waals surface area contributed by atoms with Crippen molar-refractivity contribution in [3.63, 3.8) is 0 Å². The van der Waals surface area contributed by atoms with Crippen LogP contribution >= 0.6 is 0 Å². The minimum atomic E-state index is -3.68. The van der Waals surface area contributed by atoms with Gasteiger partial charge in [0.15, 0.2) is 5.75 Å². The predicted molar refractivity (Wildman–Crippen MR) is 109 cm³/mol. The summed E-state index contributed by atoms with van der Waals surface area (Å²) in [5.74, 6) is 0.485. The van der Waals surface area contributed by atoms with E-state index in [9.17, 15) is 13.2 Å². The lowest BCUT2D eigenvalue weighted by atomic mass is 10.2. The first-order valence-electron chi connectivity index (χ1n) is 9.69. The van der Waals surface area contributed by atoms with Crippen LogP contribution in [-0.2, 0) is 10.0 Å². The van der Waals surface area contributed by atoms with Crippen LogP contribution in [0.5, 0.6) is 11.5 Å². The quantitative estimate of drug-likeness (QED) is 0.698. The van der Waals surface area contributed by atoms with Gasteiger partial charge in [0.1, 0.15) is 5.75 Å². The van der Waals surface area contributed by atoms with Gasteiger partial charge in [-0.3, -0.25) is 4.79 Å². The number of carbonyl (C=O) groups is 1. The van der Waals surface area contributed by atoms with Gasteiger partial charge < -0.3 is 10.1 Å². The zero-order chi connectivity index (χ0) is 20.1. The smallest absolute Gasteiger partial charge is 0.259 e. The Labute approximate surface area is 166 Å². The summed E-state index contributed by atoms with van der Waals surface area (Å²) in [4.78, 5) is 12.8. The average molecular weight is 403 g/mol. The van der Waals surface area contributed by atoms with Crippen molar-refractivity contribution in [2.24, 2.45) is 0 Å². The summed E-state index contributed by atoms with van der Waals surface area (Å²) in [6.45, 7) is 5.02. The number of benzene rings is 2. The summed E-state index contributed by atoms with van der Waals surface area (Å²) >= 11 is 0. The molecule has 0 unspecified atom stereocenters. The molecule has 0 atom stereocenters. The number of nitrogens with one attached hydrogen (secondary N) is 1. The number of anilines is 1. The van der Waals surface area contributed by atoms with E-state index in [1.54, 1.807) is 24.3 Å². The highest BCUT2D eigenvalue weighted by molar-refractivity contribution is 7.89. The number of hydrogen-bond donors (Lipinski definition) is 1. The van der Waals surface area contributed by atoms with Crippen molar-refractivity contribution in [2.75, 3.05) is 18.4 Å². The Bertz CT molecular complexity index is 949. The molecule has 0 saturated carbocycles. The summed E-state index contributed by atoms with van der Waals surface area (Å²) < 4.78 is 33.7. The molecule has 0 aromatic heterocycles. The Hall–Kier alpha value is -2.38. The monoisotopic (exact) mass is 402 g/mol. The maximum absolute atomic E-state index is 13.2. The van der Waals surface area contributed by atoms with Crippen molar-refractivity contribution in [3.05, 3.63) is 48.0 Å². The van der Waals surface area contributed by atoms with E-state index in [2.05, 4.69) is 5.32 Å². The molecule has 0 fully saturated rings. The van der Waals surface area contributed by atoms with Crippen molar-refractivity contribution in [1.82, 2.24) is 4.31 Å². The zero-order valence-corrected chi connectivity index (χ0v) is 17.1. The molecular formula is C21H26N2O4S. The summed E-state index contributed by atoms with van der Waals surface area (Å²) in [5.41, 5.74) is 0.767. The molecule has 0 saturated heterocycles. The SMILES string of the molecule is CCCCN(CCCC)S(=O)(=O)c1ccc2c(c1)C(=O)Nc1ccccc1O2. The second kappa shape index (κ2) is 8.75. The predicted octanol–water partition coefficient (Wildman–Crippen LogP) is 4.64. The van der Waals surface area contributed by atoms with Crippen molar-refractivity contribution in [1.29, 1.82) is 0 Å². The van der Waals surface area contributed by atoms with E-state index in [4.69, 9.17) is 4.74 Å². The molecule has 3 rings (SSSR count). The lowest BCUT2D eigenvalue weighted by Crippen LogP contribution is -2.33. The number of fused-ring (bicyclic) bond motifs is 2. The molecule has 0 spiro atoms. The normalized spacial score (nSPS) is 13.3. The van der Waals surface area contributed by atoms with Crippen LogP contribution in [0.4, 0.5) is 5.69 Å². The molecule has 1 N–H and O–H groups in total. The van der Waals surface area contributed by atoms with Crippen LogP contribution in [0.3, 0.4) is 0 Å². The van der Waals surface area contributed by atoms with Gasteiger partial charge in [0, 0.05) is 13.1 Å². The molecule has 1 heterocycles. The second-order valence-electron chi connectivity index (χ2n) is 6.82. The Morgan fingerprint density at radius 2 is 1.64 bits per heavy atom. The number of sulfonamides is 1. The van der Waals surface area contributed by atoms with E-state index >= 15 is 0 Å². The number of carbonyl (C=O) groups excluding carboxylic acids is 1. The standard InChI is InChI=1S/C21H26N2O4S/c1-3-5-13-23(14-6-4-2)28(25,26)16-11-12-19-17(15-16)21(24)22-18-9-7-8-10-20(18)27-19/h7-12,15H,3-6,13-14H2,1-2H3,(H,22,24). The number of hydrogen-bond acceptors (Lipinski definition) is 4. The molecule has 7 heteroatoms. The molecule has 1 aliphatic rings. The van der Waals surface area contributed by atoms with Gasteiger partial charge in [-0.15, -0.1) is 0 Å². The summed E-state index contributed by atoms with van der Waals surface area (Å²) in [5, 5.41) is 2.78. The molecular weight excluding hydrogens is 376 g/mol. The van der Waals surface area contributed by atoms with Gasteiger partial charge in [-0.1, -0.05) is 38.8 Å². The van der Waals surface area contributed by atoms with Crippen LogP contribution in [0.2, 0.25) is 0 Å². The summed E-state index contributed by atoms with van der Waals surface area (Å²) in [7, 11) is -3.68. The largest absolute Gasteiger partial charge is 0.454 e. The lowest BCUT2D eigenvalue weighted by molar-refractivity contribution is 0.102. The van der Waals surface area contributed by atoms with Crippen molar-refractivity contribution < 1.29 is 17.9 Å². The first kappa shape index (κ1) is 20.4. The Balaban J connectivity index is 1.96. The molecule has 28 heavy (non-hydrogen) atoms. The number of amides is 1. The lowest BCUT2D eigenvalue weighted by Gasteiger charge is -2.22. The van der Waals surface area contributed by atoms with Gasteiger partial charge in [0.2, 0.25) is 10.0 Å². The Morgan fingerprint density at radius 1 is 0.964 bits per heavy atom. The van der Waals surface area contributed by atoms with Gasteiger partial charge in [-0.25, -0.2) is 8.42 Å². The molecule has 6 nitrogen and oxygen atoms in total. The van der Waals surface area contributed by atoms with Crippen molar-refractivity contribution in [2.45, 2.75) is 44.4 Å². The number of ether oxygens (including phenoxy) is 1. The fourth-order valence-corrected chi connectivity index (χ4v) is 4.62. The van der Waals surface area contributed by atoms with E-state index in [1.807, 2.05) is 19.9 Å². The van der Waals surface area contributed by atoms with Crippen LogP contribution in [0.1, 0.15) is 49.9 Å². The highest BCUT2D eigenvalue weighted by Crippen LogP contribution is 2.36. The third-order valence-electron chi connectivity index (χ3n) is 4.71. The van der Waals surface area contributed by atoms with Crippen LogP contribution in [0, 0.1) is 0 Å². The number of para-hydroxylation sites is 2. The molecule has 1 aliphatic heterocycles. The van der Waals surface area contributed by atoms with Gasteiger partial charge in [0.05, 0.1) is 16.1 Å². The first-order valence-corrected chi connectivity index (χ1v) is 11.1. The molecule has 0 aliphatic carbocycles. The molecule has 150 valence electrons. The molecule has 1 amide bonds. The van der Waals surface area contributed by atoms with Crippen LogP contribution < -0.4 is 10.1 Å². The second-order valence-corrected chi connectivity index (χ2v) is 8.76. The van der Waals surface area contributed by atoms with Gasteiger partial charge in [-0.2, -0.15) is 4.31 Å². The molecule has 2 aromatic rings. The topological polar surface area (TPSA) is 75.7 Å². The fourth-order valence-electron chi connectivity index (χ4n) is 3.07. The summed E-state index contributed by atoms with van der Waals surface area (Å²) in [6.07, 6.45) is 3.42. The van der Waals surface area contributed by atoms with E-state index in [0.717, 1.165) is 25.7 Å². The minimum absolute atomic E-state index is 0.114. The zero-order valence-electron chi connectivity index (χ0n) is 16.3. The van der Waals surface area contributed by atoms with Crippen LogP contribution in [-0.4, -0.2) is 31.7 Å².